The first-order valence-electron chi connectivity index (χ1n) is 3.78. The fourth-order valence-electron chi connectivity index (χ4n) is 1.29. The van der Waals surface area contributed by atoms with Crippen molar-refractivity contribution >= 4 is 29.4 Å². The van der Waals surface area contributed by atoms with Crippen molar-refractivity contribution in [2.24, 2.45) is 4.99 Å². The second-order valence-corrected chi connectivity index (χ2v) is 4.39. The molecular formula is C9H6Cl2FN. The van der Waals surface area contributed by atoms with E-state index in [9.17, 15) is 4.39 Å². The summed E-state index contributed by atoms with van der Waals surface area (Å²) >= 11 is 11.6. The Kier molecular flexibility index (Phi) is 2.05. The van der Waals surface area contributed by atoms with Gasteiger partial charge >= 0.3 is 0 Å². The Labute approximate surface area is 85.2 Å². The second-order valence-electron chi connectivity index (χ2n) is 2.94. The maximum Gasteiger partial charge on any atom is 0.211 e. The summed E-state index contributed by atoms with van der Waals surface area (Å²) in [5.74, 6) is -0.279. The van der Waals surface area contributed by atoms with Crippen LogP contribution in [0.15, 0.2) is 23.2 Å². The van der Waals surface area contributed by atoms with Crippen LogP contribution in [-0.4, -0.2) is 10.7 Å². The van der Waals surface area contributed by atoms with Gasteiger partial charge in [-0.3, -0.25) is 4.99 Å². The van der Waals surface area contributed by atoms with E-state index >= 15 is 0 Å². The standard InChI is InChI=1S/C9H6Cl2FN/c10-9(11)4-7-3-8(12)2-1-6(7)5-13-9/h1-3,5H,4H2. The molecule has 0 aliphatic carbocycles. The van der Waals surface area contributed by atoms with Crippen LogP contribution >= 0.6 is 23.2 Å². The van der Waals surface area contributed by atoms with Gasteiger partial charge < -0.3 is 0 Å². The number of nitrogens with zero attached hydrogens (tertiary/aromatic N) is 1. The average Bonchev–Trinajstić information content (AvgIpc) is 2.01. The van der Waals surface area contributed by atoms with Crippen molar-refractivity contribution in [2.45, 2.75) is 10.9 Å². The molecule has 2 rings (SSSR count). The number of rotatable bonds is 0. The van der Waals surface area contributed by atoms with Gasteiger partial charge in [-0.05, 0) is 23.3 Å². The molecule has 13 heavy (non-hydrogen) atoms. The van der Waals surface area contributed by atoms with Crippen molar-refractivity contribution < 1.29 is 4.39 Å². The summed E-state index contributed by atoms with van der Waals surface area (Å²) in [6.45, 7) is 0. The van der Waals surface area contributed by atoms with E-state index in [-0.39, 0.29) is 5.82 Å². The predicted octanol–water partition coefficient (Wildman–Crippen LogP) is 2.93. The Bertz CT molecular complexity index is 374. The van der Waals surface area contributed by atoms with Crippen LogP contribution in [0.3, 0.4) is 0 Å². The van der Waals surface area contributed by atoms with Crippen molar-refractivity contribution in [3.63, 3.8) is 0 Å². The Morgan fingerprint density at radius 3 is 2.92 bits per heavy atom. The molecule has 0 amide bonds. The zero-order valence-electron chi connectivity index (χ0n) is 6.60. The molecule has 0 saturated heterocycles. The van der Waals surface area contributed by atoms with Gasteiger partial charge in [0.2, 0.25) is 4.46 Å². The van der Waals surface area contributed by atoms with Gasteiger partial charge in [0.15, 0.2) is 0 Å². The van der Waals surface area contributed by atoms with E-state index in [1.165, 1.54) is 12.1 Å². The normalized spacial score (nSPS) is 18.4. The van der Waals surface area contributed by atoms with Crippen LogP contribution in [0, 0.1) is 5.82 Å². The number of halogens is 3. The molecule has 1 aliphatic rings. The van der Waals surface area contributed by atoms with E-state index in [0.29, 0.717) is 6.42 Å². The van der Waals surface area contributed by atoms with Crippen LogP contribution in [0.2, 0.25) is 0 Å². The molecule has 1 aliphatic heterocycles. The summed E-state index contributed by atoms with van der Waals surface area (Å²) in [4.78, 5) is 3.92. The molecule has 0 unspecified atom stereocenters. The topological polar surface area (TPSA) is 12.4 Å². The number of alkyl halides is 2. The van der Waals surface area contributed by atoms with Crippen molar-refractivity contribution in [1.82, 2.24) is 0 Å². The highest BCUT2D eigenvalue weighted by molar-refractivity contribution is 6.48. The van der Waals surface area contributed by atoms with Gasteiger partial charge in [-0.1, -0.05) is 29.3 Å². The van der Waals surface area contributed by atoms with E-state index in [0.717, 1.165) is 11.1 Å². The van der Waals surface area contributed by atoms with Crippen LogP contribution in [0.4, 0.5) is 4.39 Å². The molecule has 0 atom stereocenters. The maximum atomic E-state index is 12.8. The number of aliphatic imine (C=N–C) groups is 1. The SMILES string of the molecule is Fc1ccc2c(c1)CC(Cl)(Cl)N=C2. The molecule has 0 radical (unpaired) electrons. The predicted molar refractivity (Wildman–Crippen MR) is 52.1 cm³/mol. The first-order valence-corrected chi connectivity index (χ1v) is 4.54. The van der Waals surface area contributed by atoms with Crippen LogP contribution < -0.4 is 0 Å². The van der Waals surface area contributed by atoms with Crippen LogP contribution in [0.1, 0.15) is 11.1 Å². The third kappa shape index (κ3) is 1.84. The molecular weight excluding hydrogens is 212 g/mol. The minimum Gasteiger partial charge on any atom is -0.254 e. The maximum absolute atomic E-state index is 12.8. The highest BCUT2D eigenvalue weighted by Crippen LogP contribution is 2.32. The third-order valence-electron chi connectivity index (χ3n) is 1.90. The molecule has 68 valence electrons. The van der Waals surface area contributed by atoms with Gasteiger partial charge in [-0.25, -0.2) is 4.39 Å². The molecule has 1 aromatic carbocycles. The van der Waals surface area contributed by atoms with Crippen LogP contribution in [0.25, 0.3) is 0 Å². The number of hydrogen-bond acceptors (Lipinski definition) is 1. The molecule has 1 aromatic rings. The van der Waals surface area contributed by atoms with Crippen molar-refractivity contribution in [1.29, 1.82) is 0 Å². The zero-order valence-corrected chi connectivity index (χ0v) is 8.11. The summed E-state index contributed by atoms with van der Waals surface area (Å²) in [7, 11) is 0. The largest absolute Gasteiger partial charge is 0.254 e. The highest BCUT2D eigenvalue weighted by atomic mass is 35.5. The molecule has 0 N–H and O–H groups in total. The van der Waals surface area contributed by atoms with E-state index in [2.05, 4.69) is 4.99 Å². The minimum atomic E-state index is -1.14. The molecule has 4 heteroatoms. The van der Waals surface area contributed by atoms with Crippen molar-refractivity contribution in [3.8, 4) is 0 Å². The van der Waals surface area contributed by atoms with Crippen molar-refractivity contribution in [2.75, 3.05) is 0 Å². The average molecular weight is 218 g/mol. The molecule has 1 heterocycles. The lowest BCUT2D eigenvalue weighted by Crippen LogP contribution is -2.19. The van der Waals surface area contributed by atoms with E-state index in [4.69, 9.17) is 23.2 Å². The molecule has 0 bridgehead atoms. The van der Waals surface area contributed by atoms with Gasteiger partial charge in [-0.15, -0.1) is 0 Å². The first kappa shape index (κ1) is 8.97. The number of fused-ring (bicyclic) bond motifs is 1. The summed E-state index contributed by atoms with van der Waals surface area (Å²) in [5, 5.41) is 0. The summed E-state index contributed by atoms with van der Waals surface area (Å²) in [6, 6.07) is 4.48. The Balaban J connectivity index is 2.48. The summed E-state index contributed by atoms with van der Waals surface area (Å²) in [5.41, 5.74) is 1.67. The molecule has 0 fully saturated rings. The van der Waals surface area contributed by atoms with E-state index in [1.807, 2.05) is 0 Å². The van der Waals surface area contributed by atoms with Crippen molar-refractivity contribution in [3.05, 3.63) is 35.1 Å². The first-order chi connectivity index (χ1) is 6.07. The fraction of sp³-hybridized carbons (Fsp3) is 0.222. The fourth-order valence-corrected chi connectivity index (χ4v) is 1.68. The second kappa shape index (κ2) is 2.96. The lowest BCUT2D eigenvalue weighted by Gasteiger charge is -2.20. The third-order valence-corrected chi connectivity index (χ3v) is 2.36. The molecule has 0 spiro atoms. The highest BCUT2D eigenvalue weighted by Gasteiger charge is 2.26. The number of benzene rings is 1. The van der Waals surface area contributed by atoms with E-state index in [1.54, 1.807) is 12.3 Å². The molecule has 1 nitrogen and oxygen atoms in total. The zero-order chi connectivity index (χ0) is 9.47. The lowest BCUT2D eigenvalue weighted by atomic mass is 10.0. The smallest absolute Gasteiger partial charge is 0.211 e. The Morgan fingerprint density at radius 2 is 2.15 bits per heavy atom. The Morgan fingerprint density at radius 1 is 1.38 bits per heavy atom. The monoisotopic (exact) mass is 217 g/mol. The summed E-state index contributed by atoms with van der Waals surface area (Å²) < 4.78 is 11.7. The lowest BCUT2D eigenvalue weighted by molar-refractivity contribution is 0.623. The van der Waals surface area contributed by atoms with Gasteiger partial charge in [0.25, 0.3) is 0 Å². The van der Waals surface area contributed by atoms with Crippen LogP contribution in [0.5, 0.6) is 0 Å². The Hall–Kier alpha value is -0.600. The van der Waals surface area contributed by atoms with E-state index < -0.39 is 4.46 Å². The quantitative estimate of drug-likeness (QED) is 0.469. The van der Waals surface area contributed by atoms with Gasteiger partial charge in [0, 0.05) is 12.6 Å². The number of hydrogen-bond donors (Lipinski definition) is 0. The molecule has 0 saturated carbocycles. The minimum absolute atomic E-state index is 0.279. The summed E-state index contributed by atoms with van der Waals surface area (Å²) in [6.07, 6.45) is 1.91. The van der Waals surface area contributed by atoms with Gasteiger partial charge in [-0.2, -0.15) is 0 Å². The van der Waals surface area contributed by atoms with Gasteiger partial charge in [0.05, 0.1) is 0 Å². The van der Waals surface area contributed by atoms with Crippen LogP contribution in [-0.2, 0) is 6.42 Å². The van der Waals surface area contributed by atoms with Gasteiger partial charge in [0.1, 0.15) is 5.82 Å². The molecule has 0 aromatic heterocycles.